The number of benzene rings is 1. The van der Waals surface area contributed by atoms with Crippen molar-refractivity contribution in [2.75, 3.05) is 26.7 Å². The van der Waals surface area contributed by atoms with Crippen LogP contribution in [0.15, 0.2) is 32.0 Å². The van der Waals surface area contributed by atoms with Crippen LogP contribution in [0.25, 0.3) is 0 Å². The first kappa shape index (κ1) is 17.4. The van der Waals surface area contributed by atoms with Crippen LogP contribution in [-0.2, 0) is 10.0 Å². The van der Waals surface area contributed by atoms with Gasteiger partial charge in [-0.05, 0) is 72.9 Å². The summed E-state index contributed by atoms with van der Waals surface area (Å²) in [5, 5.41) is 3.15. The predicted octanol–water partition coefficient (Wildman–Crippen LogP) is 3.22. The Morgan fingerprint density at radius 1 is 1.29 bits per heavy atom. The third-order valence-electron chi connectivity index (χ3n) is 3.89. The van der Waals surface area contributed by atoms with Gasteiger partial charge in [-0.25, -0.2) is 8.42 Å². The van der Waals surface area contributed by atoms with Crippen molar-refractivity contribution < 1.29 is 8.42 Å². The molecular weight excluding hydrogens is 420 g/mol. The van der Waals surface area contributed by atoms with E-state index < -0.39 is 10.0 Å². The Morgan fingerprint density at radius 3 is 2.52 bits per heavy atom. The highest BCUT2D eigenvalue weighted by Crippen LogP contribution is 2.30. The summed E-state index contributed by atoms with van der Waals surface area (Å²) in [6.45, 7) is 2.22. The Balaban J connectivity index is 2.08. The van der Waals surface area contributed by atoms with Crippen LogP contribution in [0, 0.1) is 5.92 Å². The highest BCUT2D eigenvalue weighted by Gasteiger charge is 2.30. The van der Waals surface area contributed by atoms with E-state index in [0.29, 0.717) is 28.4 Å². The SMILES string of the molecule is CNCCC1CCN(S(=O)(=O)c2ccc(Br)cc2Br)CC1. The van der Waals surface area contributed by atoms with Crippen LogP contribution in [0.1, 0.15) is 19.3 Å². The molecule has 1 aromatic rings. The molecule has 0 radical (unpaired) electrons. The maximum absolute atomic E-state index is 12.7. The maximum atomic E-state index is 12.7. The quantitative estimate of drug-likeness (QED) is 0.766. The van der Waals surface area contributed by atoms with Gasteiger partial charge in [0.15, 0.2) is 0 Å². The number of nitrogens with one attached hydrogen (secondary N) is 1. The molecule has 0 bridgehead atoms. The average Bonchev–Trinajstić information content (AvgIpc) is 2.45. The summed E-state index contributed by atoms with van der Waals surface area (Å²) in [7, 11) is -1.45. The maximum Gasteiger partial charge on any atom is 0.244 e. The Hall–Kier alpha value is 0.0500. The molecule has 7 heteroatoms. The van der Waals surface area contributed by atoms with Crippen LogP contribution < -0.4 is 5.32 Å². The number of hydrogen-bond donors (Lipinski definition) is 1. The molecule has 1 aromatic carbocycles. The molecule has 1 N–H and O–H groups in total. The molecule has 1 heterocycles. The molecule has 0 atom stereocenters. The van der Waals surface area contributed by atoms with E-state index in [-0.39, 0.29) is 0 Å². The van der Waals surface area contributed by atoms with Crippen LogP contribution in [-0.4, -0.2) is 39.4 Å². The highest BCUT2D eigenvalue weighted by atomic mass is 79.9. The molecule has 0 unspecified atom stereocenters. The fourth-order valence-electron chi connectivity index (χ4n) is 2.61. The Morgan fingerprint density at radius 2 is 1.95 bits per heavy atom. The van der Waals surface area contributed by atoms with Gasteiger partial charge in [0.25, 0.3) is 0 Å². The molecular formula is C14H20Br2N2O2S. The number of hydrogen-bond acceptors (Lipinski definition) is 3. The van der Waals surface area contributed by atoms with Crippen molar-refractivity contribution in [3.05, 3.63) is 27.1 Å². The second kappa shape index (κ2) is 7.55. The van der Waals surface area contributed by atoms with Crippen LogP contribution >= 0.6 is 31.9 Å². The fraction of sp³-hybridized carbons (Fsp3) is 0.571. The summed E-state index contributed by atoms with van der Waals surface area (Å²) >= 11 is 6.70. The Labute approximate surface area is 143 Å². The molecule has 1 saturated heterocycles. The molecule has 0 saturated carbocycles. The Bertz CT molecular complexity index is 585. The van der Waals surface area contributed by atoms with E-state index in [1.54, 1.807) is 22.5 Å². The zero-order chi connectivity index (χ0) is 15.5. The molecule has 4 nitrogen and oxygen atoms in total. The summed E-state index contributed by atoms with van der Waals surface area (Å²) in [4.78, 5) is 0.347. The lowest BCUT2D eigenvalue weighted by atomic mass is 9.95. The monoisotopic (exact) mass is 438 g/mol. The summed E-state index contributed by atoms with van der Waals surface area (Å²) in [5.41, 5.74) is 0. The minimum atomic E-state index is -3.40. The predicted molar refractivity (Wildman–Crippen MR) is 91.9 cm³/mol. The molecule has 0 aromatic heterocycles. The fourth-order valence-corrected chi connectivity index (χ4v) is 5.79. The van der Waals surface area contributed by atoms with Gasteiger partial charge in [-0.1, -0.05) is 15.9 Å². The van der Waals surface area contributed by atoms with Gasteiger partial charge in [0.2, 0.25) is 10.0 Å². The van der Waals surface area contributed by atoms with Gasteiger partial charge < -0.3 is 5.32 Å². The molecule has 0 spiro atoms. The molecule has 2 rings (SSSR count). The van der Waals surface area contributed by atoms with Crippen LogP contribution in [0.5, 0.6) is 0 Å². The summed E-state index contributed by atoms with van der Waals surface area (Å²) in [5.74, 6) is 0.622. The topological polar surface area (TPSA) is 49.4 Å². The normalized spacial score (nSPS) is 18.0. The first-order chi connectivity index (χ1) is 9.95. The molecule has 1 aliphatic heterocycles. The number of nitrogens with zero attached hydrogens (tertiary/aromatic N) is 1. The van der Waals surface area contributed by atoms with Crippen LogP contribution in [0.3, 0.4) is 0 Å². The smallest absolute Gasteiger partial charge is 0.244 e. The highest BCUT2D eigenvalue weighted by molar-refractivity contribution is 9.11. The van der Waals surface area contributed by atoms with Crippen molar-refractivity contribution in [3.63, 3.8) is 0 Å². The number of rotatable bonds is 5. The zero-order valence-corrected chi connectivity index (χ0v) is 16.0. The largest absolute Gasteiger partial charge is 0.320 e. The molecule has 1 aliphatic rings. The van der Waals surface area contributed by atoms with Crippen LogP contribution in [0.4, 0.5) is 0 Å². The molecule has 0 amide bonds. The van der Waals surface area contributed by atoms with Crippen molar-refractivity contribution in [2.24, 2.45) is 5.92 Å². The second-order valence-electron chi connectivity index (χ2n) is 5.31. The van der Waals surface area contributed by atoms with Crippen molar-refractivity contribution in [1.29, 1.82) is 0 Å². The van der Waals surface area contributed by atoms with Gasteiger partial charge in [0.05, 0.1) is 4.90 Å². The average molecular weight is 440 g/mol. The van der Waals surface area contributed by atoms with Crippen molar-refractivity contribution in [3.8, 4) is 0 Å². The number of halogens is 2. The minimum absolute atomic E-state index is 0.347. The van der Waals surface area contributed by atoms with Crippen molar-refractivity contribution in [1.82, 2.24) is 9.62 Å². The first-order valence-corrected chi connectivity index (χ1v) is 10.1. The van der Waals surface area contributed by atoms with Gasteiger partial charge in [0, 0.05) is 22.0 Å². The number of piperidine rings is 1. The summed E-state index contributed by atoms with van der Waals surface area (Å²) < 4.78 is 28.5. The van der Waals surface area contributed by atoms with Crippen LogP contribution in [0.2, 0.25) is 0 Å². The third kappa shape index (κ3) is 4.28. The van der Waals surface area contributed by atoms with E-state index in [1.807, 2.05) is 7.05 Å². The lowest BCUT2D eigenvalue weighted by molar-refractivity contribution is 0.263. The number of sulfonamides is 1. The lowest BCUT2D eigenvalue weighted by Gasteiger charge is -2.31. The lowest BCUT2D eigenvalue weighted by Crippen LogP contribution is -2.39. The van der Waals surface area contributed by atoms with Gasteiger partial charge in [-0.3, -0.25) is 0 Å². The standard InChI is InChI=1S/C14H20Br2N2O2S/c1-17-7-4-11-5-8-18(9-6-11)21(19,20)14-3-2-12(15)10-13(14)16/h2-3,10-11,17H,4-9H2,1H3. The molecule has 1 fully saturated rings. The van der Waals surface area contributed by atoms with E-state index in [2.05, 4.69) is 37.2 Å². The van der Waals surface area contributed by atoms with E-state index in [4.69, 9.17) is 0 Å². The zero-order valence-electron chi connectivity index (χ0n) is 12.0. The molecule has 21 heavy (non-hydrogen) atoms. The van der Waals surface area contributed by atoms with Gasteiger partial charge in [0.1, 0.15) is 0 Å². The Kier molecular flexibility index (Phi) is 6.25. The summed E-state index contributed by atoms with van der Waals surface area (Å²) in [6.07, 6.45) is 3.00. The molecule has 118 valence electrons. The van der Waals surface area contributed by atoms with Gasteiger partial charge in [-0.2, -0.15) is 4.31 Å². The van der Waals surface area contributed by atoms with Gasteiger partial charge in [-0.15, -0.1) is 0 Å². The van der Waals surface area contributed by atoms with Crippen molar-refractivity contribution in [2.45, 2.75) is 24.2 Å². The van der Waals surface area contributed by atoms with E-state index in [0.717, 1.165) is 30.3 Å². The first-order valence-electron chi connectivity index (χ1n) is 7.05. The van der Waals surface area contributed by atoms with E-state index in [9.17, 15) is 8.42 Å². The van der Waals surface area contributed by atoms with E-state index >= 15 is 0 Å². The third-order valence-corrected chi connectivity index (χ3v) is 7.26. The minimum Gasteiger partial charge on any atom is -0.320 e. The summed E-state index contributed by atoms with van der Waals surface area (Å²) in [6, 6.07) is 5.18. The van der Waals surface area contributed by atoms with E-state index in [1.165, 1.54) is 0 Å². The van der Waals surface area contributed by atoms with Gasteiger partial charge >= 0.3 is 0 Å². The van der Waals surface area contributed by atoms with Crippen molar-refractivity contribution >= 4 is 41.9 Å². The second-order valence-corrected chi connectivity index (χ2v) is 8.99. The molecule has 0 aliphatic carbocycles.